The van der Waals surface area contributed by atoms with Crippen molar-refractivity contribution < 1.29 is 5.11 Å². The Kier molecular flexibility index (Phi) is 3.77. The summed E-state index contributed by atoms with van der Waals surface area (Å²) < 4.78 is 0. The molecule has 0 saturated heterocycles. The second kappa shape index (κ2) is 4.87. The van der Waals surface area contributed by atoms with E-state index >= 15 is 0 Å². The summed E-state index contributed by atoms with van der Waals surface area (Å²) in [5.74, 6) is 0.860. The van der Waals surface area contributed by atoms with E-state index in [2.05, 4.69) is 6.92 Å². The maximum Gasteiger partial charge on any atom is 0.115 e. The van der Waals surface area contributed by atoms with Crippen LogP contribution in [-0.2, 0) is 0 Å². The van der Waals surface area contributed by atoms with Gasteiger partial charge in [0, 0.05) is 0 Å². The van der Waals surface area contributed by atoms with Crippen LogP contribution in [-0.4, -0.2) is 11.7 Å². The van der Waals surface area contributed by atoms with Crippen molar-refractivity contribution in [3.8, 4) is 5.75 Å². The summed E-state index contributed by atoms with van der Waals surface area (Å²) in [6, 6.07) is 7.40. The Morgan fingerprint density at radius 3 is 2.46 bits per heavy atom. The van der Waals surface area contributed by atoms with E-state index in [1.165, 1.54) is 5.56 Å². The van der Waals surface area contributed by atoms with Crippen LogP contribution in [0.15, 0.2) is 24.3 Å². The lowest BCUT2D eigenvalue weighted by Gasteiger charge is -2.10. The third-order valence-electron chi connectivity index (χ3n) is 2.30. The van der Waals surface area contributed by atoms with E-state index in [9.17, 15) is 0 Å². The lowest BCUT2D eigenvalue weighted by molar-refractivity contribution is 0.474. The van der Waals surface area contributed by atoms with Crippen LogP contribution in [0.25, 0.3) is 0 Å². The van der Waals surface area contributed by atoms with E-state index in [0.29, 0.717) is 11.7 Å². The zero-order chi connectivity index (χ0) is 9.68. The Morgan fingerprint density at radius 2 is 1.92 bits per heavy atom. The molecule has 0 radical (unpaired) electrons. The first-order valence-electron chi connectivity index (χ1n) is 4.73. The molecule has 1 aromatic rings. The number of benzene rings is 1. The van der Waals surface area contributed by atoms with Gasteiger partial charge < -0.3 is 10.8 Å². The number of aromatic hydroxyl groups is 1. The molecule has 0 fully saturated rings. The van der Waals surface area contributed by atoms with Crippen LogP contribution in [0.3, 0.4) is 0 Å². The molecule has 1 rings (SSSR count). The number of phenolic OH excluding ortho intramolecular Hbond substituents is 1. The molecule has 1 unspecified atom stereocenters. The molecule has 0 aliphatic carbocycles. The number of nitrogens with two attached hydrogens (primary N) is 1. The smallest absolute Gasteiger partial charge is 0.115 e. The van der Waals surface area contributed by atoms with Crippen molar-refractivity contribution in [2.24, 2.45) is 5.73 Å². The summed E-state index contributed by atoms with van der Waals surface area (Å²) in [6.45, 7) is 2.93. The highest BCUT2D eigenvalue weighted by molar-refractivity contribution is 5.27. The fourth-order valence-electron chi connectivity index (χ4n) is 1.39. The van der Waals surface area contributed by atoms with Crippen LogP contribution in [0.2, 0.25) is 0 Å². The molecule has 2 heteroatoms. The summed E-state index contributed by atoms with van der Waals surface area (Å²) in [5.41, 5.74) is 6.71. The summed E-state index contributed by atoms with van der Waals surface area (Å²) in [4.78, 5) is 0. The molecule has 0 saturated carbocycles. The highest BCUT2D eigenvalue weighted by Crippen LogP contribution is 2.21. The van der Waals surface area contributed by atoms with Crippen LogP contribution in [0, 0.1) is 0 Å². The van der Waals surface area contributed by atoms with Gasteiger partial charge in [0.25, 0.3) is 0 Å². The number of phenols is 1. The second-order valence-corrected chi connectivity index (χ2v) is 3.42. The van der Waals surface area contributed by atoms with Crippen molar-refractivity contribution in [3.63, 3.8) is 0 Å². The van der Waals surface area contributed by atoms with Gasteiger partial charge in [0.2, 0.25) is 0 Å². The minimum Gasteiger partial charge on any atom is -0.508 e. The van der Waals surface area contributed by atoms with E-state index < -0.39 is 0 Å². The van der Waals surface area contributed by atoms with Crippen molar-refractivity contribution in [1.29, 1.82) is 0 Å². The number of hydrogen-bond donors (Lipinski definition) is 2. The summed E-state index contributed by atoms with van der Waals surface area (Å²) >= 11 is 0. The minimum absolute atomic E-state index is 0.328. The topological polar surface area (TPSA) is 46.2 Å². The average Bonchev–Trinajstić information content (AvgIpc) is 2.15. The van der Waals surface area contributed by atoms with Crippen molar-refractivity contribution in [3.05, 3.63) is 29.8 Å². The largest absolute Gasteiger partial charge is 0.508 e. The maximum absolute atomic E-state index is 9.09. The predicted molar refractivity (Wildman–Crippen MR) is 54.8 cm³/mol. The molecule has 0 aromatic heterocycles. The fourth-order valence-corrected chi connectivity index (χ4v) is 1.39. The molecule has 0 aliphatic rings. The van der Waals surface area contributed by atoms with Gasteiger partial charge in [-0.25, -0.2) is 0 Å². The quantitative estimate of drug-likeness (QED) is 0.744. The van der Waals surface area contributed by atoms with Gasteiger partial charge >= 0.3 is 0 Å². The first kappa shape index (κ1) is 10.1. The van der Waals surface area contributed by atoms with Gasteiger partial charge in [-0.15, -0.1) is 0 Å². The van der Waals surface area contributed by atoms with Gasteiger partial charge in [-0.1, -0.05) is 19.1 Å². The maximum atomic E-state index is 9.09. The molecule has 0 amide bonds. The molecule has 0 aliphatic heterocycles. The van der Waals surface area contributed by atoms with Crippen LogP contribution < -0.4 is 5.73 Å². The summed E-state index contributed by atoms with van der Waals surface area (Å²) in [7, 11) is 0. The highest BCUT2D eigenvalue weighted by atomic mass is 16.3. The standard InChI is InChI=1S/C11H17NO/c1-9(3-2-8-12)10-4-6-11(13)7-5-10/h4-7,9,13H,2-3,8,12H2,1H3. The van der Waals surface area contributed by atoms with Gasteiger partial charge in [-0.05, 0) is 43.0 Å². The third-order valence-corrected chi connectivity index (χ3v) is 2.30. The van der Waals surface area contributed by atoms with Crippen molar-refractivity contribution in [1.82, 2.24) is 0 Å². The first-order valence-corrected chi connectivity index (χ1v) is 4.73. The molecule has 13 heavy (non-hydrogen) atoms. The van der Waals surface area contributed by atoms with Crippen LogP contribution in [0.4, 0.5) is 0 Å². The minimum atomic E-state index is 0.328. The molecule has 72 valence electrons. The molecular formula is C11H17NO. The molecule has 1 atom stereocenters. The number of hydrogen-bond acceptors (Lipinski definition) is 2. The van der Waals surface area contributed by atoms with Crippen LogP contribution >= 0.6 is 0 Å². The highest BCUT2D eigenvalue weighted by Gasteiger charge is 2.03. The third kappa shape index (κ3) is 3.07. The van der Waals surface area contributed by atoms with E-state index in [4.69, 9.17) is 10.8 Å². The first-order chi connectivity index (χ1) is 6.24. The van der Waals surface area contributed by atoms with Crippen molar-refractivity contribution in [2.45, 2.75) is 25.7 Å². The molecule has 1 aromatic carbocycles. The van der Waals surface area contributed by atoms with Crippen molar-refractivity contribution >= 4 is 0 Å². The predicted octanol–water partition coefficient (Wildman–Crippen LogP) is 2.23. The Balaban J connectivity index is 2.55. The monoisotopic (exact) mass is 179 g/mol. The fraction of sp³-hybridized carbons (Fsp3) is 0.455. The SMILES string of the molecule is CC(CCCN)c1ccc(O)cc1. The Bertz CT molecular complexity index is 243. The van der Waals surface area contributed by atoms with Gasteiger partial charge in [0.05, 0.1) is 0 Å². The van der Waals surface area contributed by atoms with Gasteiger partial charge in [0.1, 0.15) is 5.75 Å². The molecule has 0 spiro atoms. The Hall–Kier alpha value is -1.02. The zero-order valence-electron chi connectivity index (χ0n) is 8.03. The molecule has 0 bridgehead atoms. The molecular weight excluding hydrogens is 162 g/mol. The molecule has 3 N–H and O–H groups in total. The number of rotatable bonds is 4. The zero-order valence-corrected chi connectivity index (χ0v) is 8.03. The normalized spacial score (nSPS) is 12.8. The van der Waals surface area contributed by atoms with Gasteiger partial charge in [0.15, 0.2) is 0 Å². The van der Waals surface area contributed by atoms with E-state index in [1.807, 2.05) is 12.1 Å². The van der Waals surface area contributed by atoms with Crippen molar-refractivity contribution in [2.75, 3.05) is 6.54 Å². The molecule has 0 heterocycles. The van der Waals surface area contributed by atoms with E-state index in [1.54, 1.807) is 12.1 Å². The van der Waals surface area contributed by atoms with Gasteiger partial charge in [-0.3, -0.25) is 0 Å². The summed E-state index contributed by atoms with van der Waals surface area (Å²) in [6.07, 6.45) is 2.17. The summed E-state index contributed by atoms with van der Waals surface area (Å²) in [5, 5.41) is 9.09. The lowest BCUT2D eigenvalue weighted by Crippen LogP contribution is -2.01. The lowest BCUT2D eigenvalue weighted by atomic mass is 9.96. The Morgan fingerprint density at radius 1 is 1.31 bits per heavy atom. The van der Waals surface area contributed by atoms with E-state index in [-0.39, 0.29) is 0 Å². The Labute approximate surface area is 79.4 Å². The van der Waals surface area contributed by atoms with E-state index in [0.717, 1.165) is 19.4 Å². The van der Waals surface area contributed by atoms with Gasteiger partial charge in [-0.2, -0.15) is 0 Å². The second-order valence-electron chi connectivity index (χ2n) is 3.42. The molecule has 2 nitrogen and oxygen atoms in total. The van der Waals surface area contributed by atoms with Crippen LogP contribution in [0.1, 0.15) is 31.2 Å². The average molecular weight is 179 g/mol. The van der Waals surface area contributed by atoms with Crippen LogP contribution in [0.5, 0.6) is 5.75 Å².